The number of halogens is 1. The minimum atomic E-state index is 0.134. The number of rotatable bonds is 5. The Morgan fingerprint density at radius 1 is 1.24 bits per heavy atom. The van der Waals surface area contributed by atoms with Gasteiger partial charge in [-0.25, -0.2) is 0 Å². The van der Waals surface area contributed by atoms with Gasteiger partial charge in [0.2, 0.25) is 0 Å². The quantitative estimate of drug-likeness (QED) is 0.761. The number of hydrogen-bond acceptors (Lipinski definition) is 1. The standard InChI is InChI=1S/C14H20BrNO/c1-4-8-16(9-7-15)14(17)13-6-5-11(2)12(3)10-13/h5-6,10H,4,7-9H2,1-3H3. The van der Waals surface area contributed by atoms with Crippen LogP contribution in [0.15, 0.2) is 18.2 Å². The van der Waals surface area contributed by atoms with Crippen LogP contribution in [0.3, 0.4) is 0 Å². The summed E-state index contributed by atoms with van der Waals surface area (Å²) < 4.78 is 0. The van der Waals surface area contributed by atoms with E-state index < -0.39 is 0 Å². The number of nitrogens with zero attached hydrogens (tertiary/aromatic N) is 1. The van der Waals surface area contributed by atoms with Crippen LogP contribution in [0.4, 0.5) is 0 Å². The molecule has 0 unspecified atom stereocenters. The fraction of sp³-hybridized carbons (Fsp3) is 0.500. The fourth-order valence-corrected chi connectivity index (χ4v) is 2.17. The average molecular weight is 298 g/mol. The van der Waals surface area contributed by atoms with Crippen LogP contribution in [-0.4, -0.2) is 29.2 Å². The van der Waals surface area contributed by atoms with Gasteiger partial charge in [-0.05, 0) is 43.5 Å². The van der Waals surface area contributed by atoms with E-state index in [1.807, 2.05) is 30.0 Å². The van der Waals surface area contributed by atoms with Gasteiger partial charge in [-0.3, -0.25) is 4.79 Å². The van der Waals surface area contributed by atoms with E-state index in [0.717, 1.165) is 30.4 Å². The molecule has 0 N–H and O–H groups in total. The Bertz CT molecular complexity index is 384. The van der Waals surface area contributed by atoms with Gasteiger partial charge in [0.15, 0.2) is 0 Å². The lowest BCUT2D eigenvalue weighted by molar-refractivity contribution is 0.0766. The summed E-state index contributed by atoms with van der Waals surface area (Å²) in [4.78, 5) is 14.2. The predicted molar refractivity (Wildman–Crippen MR) is 75.9 cm³/mol. The lowest BCUT2D eigenvalue weighted by Crippen LogP contribution is -2.33. The molecule has 1 rings (SSSR count). The number of hydrogen-bond donors (Lipinski definition) is 0. The molecule has 0 saturated carbocycles. The van der Waals surface area contributed by atoms with E-state index in [0.29, 0.717) is 0 Å². The summed E-state index contributed by atoms with van der Waals surface area (Å²) in [6, 6.07) is 5.91. The van der Waals surface area contributed by atoms with Gasteiger partial charge in [0.05, 0.1) is 0 Å². The molecule has 0 aliphatic rings. The van der Waals surface area contributed by atoms with Crippen LogP contribution in [0.25, 0.3) is 0 Å². The van der Waals surface area contributed by atoms with Crippen molar-refractivity contribution < 1.29 is 4.79 Å². The zero-order chi connectivity index (χ0) is 12.8. The summed E-state index contributed by atoms with van der Waals surface area (Å²) in [6.07, 6.45) is 0.990. The first-order valence-corrected chi connectivity index (χ1v) is 7.14. The summed E-state index contributed by atoms with van der Waals surface area (Å²) >= 11 is 3.39. The molecule has 94 valence electrons. The molecule has 0 radical (unpaired) electrons. The molecule has 0 bridgehead atoms. The summed E-state index contributed by atoms with van der Waals surface area (Å²) in [5, 5.41) is 0.823. The van der Waals surface area contributed by atoms with Gasteiger partial charge in [-0.1, -0.05) is 28.9 Å². The SMILES string of the molecule is CCCN(CCBr)C(=O)c1ccc(C)c(C)c1. The highest BCUT2D eigenvalue weighted by Crippen LogP contribution is 2.12. The van der Waals surface area contributed by atoms with Crippen LogP contribution >= 0.6 is 15.9 Å². The molecule has 0 aliphatic carbocycles. The van der Waals surface area contributed by atoms with Crippen molar-refractivity contribution in [1.29, 1.82) is 0 Å². The first-order chi connectivity index (χ1) is 8.10. The highest BCUT2D eigenvalue weighted by Gasteiger charge is 2.14. The van der Waals surface area contributed by atoms with Crippen LogP contribution in [0.2, 0.25) is 0 Å². The molecule has 0 saturated heterocycles. The van der Waals surface area contributed by atoms with Gasteiger partial charge in [-0.15, -0.1) is 0 Å². The molecule has 2 nitrogen and oxygen atoms in total. The van der Waals surface area contributed by atoms with Crippen LogP contribution in [0.5, 0.6) is 0 Å². The molecule has 0 spiro atoms. The maximum absolute atomic E-state index is 12.3. The number of carbonyl (C=O) groups excluding carboxylic acids is 1. The van der Waals surface area contributed by atoms with Crippen LogP contribution in [0.1, 0.15) is 34.8 Å². The van der Waals surface area contributed by atoms with Crippen molar-refractivity contribution in [2.75, 3.05) is 18.4 Å². The number of benzene rings is 1. The van der Waals surface area contributed by atoms with Crippen molar-refractivity contribution >= 4 is 21.8 Å². The molecular formula is C14H20BrNO. The third kappa shape index (κ3) is 3.84. The van der Waals surface area contributed by atoms with E-state index in [4.69, 9.17) is 0 Å². The Labute approximate surface area is 112 Å². The molecule has 17 heavy (non-hydrogen) atoms. The first kappa shape index (κ1) is 14.2. The van der Waals surface area contributed by atoms with Crippen molar-refractivity contribution in [1.82, 2.24) is 4.90 Å². The summed E-state index contributed by atoms with van der Waals surface area (Å²) in [5.41, 5.74) is 3.19. The third-order valence-electron chi connectivity index (χ3n) is 2.89. The summed E-state index contributed by atoms with van der Waals surface area (Å²) in [5.74, 6) is 0.134. The van der Waals surface area contributed by atoms with E-state index in [-0.39, 0.29) is 5.91 Å². The van der Waals surface area contributed by atoms with Crippen LogP contribution in [0, 0.1) is 13.8 Å². The Morgan fingerprint density at radius 3 is 2.47 bits per heavy atom. The Kier molecular flexibility index (Phi) is 5.69. The molecule has 0 fully saturated rings. The molecule has 0 aromatic heterocycles. The molecule has 0 heterocycles. The van der Waals surface area contributed by atoms with Gasteiger partial charge in [-0.2, -0.15) is 0 Å². The third-order valence-corrected chi connectivity index (χ3v) is 3.24. The zero-order valence-corrected chi connectivity index (χ0v) is 12.4. The van der Waals surface area contributed by atoms with E-state index in [2.05, 4.69) is 29.8 Å². The Morgan fingerprint density at radius 2 is 1.94 bits per heavy atom. The van der Waals surface area contributed by atoms with E-state index in [1.165, 1.54) is 11.1 Å². The molecule has 1 aromatic rings. The molecule has 1 aromatic carbocycles. The Balaban J connectivity index is 2.88. The fourth-order valence-electron chi connectivity index (χ4n) is 1.74. The van der Waals surface area contributed by atoms with Crippen molar-refractivity contribution in [3.8, 4) is 0 Å². The minimum Gasteiger partial charge on any atom is -0.338 e. The van der Waals surface area contributed by atoms with Gasteiger partial charge in [0.25, 0.3) is 5.91 Å². The lowest BCUT2D eigenvalue weighted by atomic mass is 10.1. The molecule has 1 amide bonds. The van der Waals surface area contributed by atoms with E-state index >= 15 is 0 Å². The smallest absolute Gasteiger partial charge is 0.253 e. The molecular weight excluding hydrogens is 278 g/mol. The maximum Gasteiger partial charge on any atom is 0.253 e. The van der Waals surface area contributed by atoms with Crippen LogP contribution in [-0.2, 0) is 0 Å². The van der Waals surface area contributed by atoms with E-state index in [9.17, 15) is 4.79 Å². The highest BCUT2D eigenvalue weighted by molar-refractivity contribution is 9.09. The molecule has 3 heteroatoms. The lowest BCUT2D eigenvalue weighted by Gasteiger charge is -2.21. The van der Waals surface area contributed by atoms with Gasteiger partial charge in [0, 0.05) is 24.0 Å². The predicted octanol–water partition coefficient (Wildman–Crippen LogP) is 3.55. The number of amides is 1. The second-order valence-corrected chi connectivity index (χ2v) is 5.07. The monoisotopic (exact) mass is 297 g/mol. The second-order valence-electron chi connectivity index (χ2n) is 4.28. The topological polar surface area (TPSA) is 20.3 Å². The van der Waals surface area contributed by atoms with Gasteiger partial charge < -0.3 is 4.90 Å². The molecule has 0 atom stereocenters. The number of carbonyl (C=O) groups is 1. The summed E-state index contributed by atoms with van der Waals surface area (Å²) in [6.45, 7) is 7.78. The molecule has 0 aliphatic heterocycles. The highest BCUT2D eigenvalue weighted by atomic mass is 79.9. The number of alkyl halides is 1. The van der Waals surface area contributed by atoms with Crippen molar-refractivity contribution in [3.05, 3.63) is 34.9 Å². The normalized spacial score (nSPS) is 10.4. The van der Waals surface area contributed by atoms with Crippen molar-refractivity contribution in [2.45, 2.75) is 27.2 Å². The maximum atomic E-state index is 12.3. The van der Waals surface area contributed by atoms with Crippen LogP contribution < -0.4 is 0 Å². The zero-order valence-electron chi connectivity index (χ0n) is 10.8. The van der Waals surface area contributed by atoms with Gasteiger partial charge in [0.1, 0.15) is 0 Å². The Hall–Kier alpha value is -0.830. The number of aryl methyl sites for hydroxylation is 2. The van der Waals surface area contributed by atoms with Crippen molar-refractivity contribution in [3.63, 3.8) is 0 Å². The first-order valence-electron chi connectivity index (χ1n) is 6.02. The van der Waals surface area contributed by atoms with E-state index in [1.54, 1.807) is 0 Å². The summed E-state index contributed by atoms with van der Waals surface area (Å²) in [7, 11) is 0. The van der Waals surface area contributed by atoms with Crippen molar-refractivity contribution in [2.24, 2.45) is 0 Å². The second kappa shape index (κ2) is 6.80. The van der Waals surface area contributed by atoms with Gasteiger partial charge >= 0.3 is 0 Å². The minimum absolute atomic E-state index is 0.134. The average Bonchev–Trinajstić information content (AvgIpc) is 2.31. The largest absolute Gasteiger partial charge is 0.338 e.